The van der Waals surface area contributed by atoms with Gasteiger partial charge in [-0.3, -0.25) is 4.79 Å². The van der Waals surface area contributed by atoms with Crippen molar-refractivity contribution < 1.29 is 23.8 Å². The lowest BCUT2D eigenvalue weighted by atomic mass is 9.68. The summed E-state index contributed by atoms with van der Waals surface area (Å²) in [4.78, 5) is 27.0. The Morgan fingerprint density at radius 2 is 1.82 bits per heavy atom. The first-order valence-electron chi connectivity index (χ1n) is 11.8. The van der Waals surface area contributed by atoms with Gasteiger partial charge in [-0.05, 0) is 56.1 Å². The summed E-state index contributed by atoms with van der Waals surface area (Å²) in [6.07, 6.45) is 6.10. The smallest absolute Gasteiger partial charge is 0.337 e. The number of dihydropyridines is 1. The van der Waals surface area contributed by atoms with Crippen LogP contribution >= 0.6 is 11.6 Å². The fourth-order valence-electron chi connectivity index (χ4n) is 5.57. The lowest BCUT2D eigenvalue weighted by molar-refractivity contribution is -0.146. The molecule has 1 aromatic rings. The third-order valence-electron chi connectivity index (χ3n) is 7.09. The van der Waals surface area contributed by atoms with Crippen molar-refractivity contribution in [3.8, 4) is 11.5 Å². The maximum Gasteiger partial charge on any atom is 0.337 e. The van der Waals surface area contributed by atoms with Crippen LogP contribution in [0, 0.1) is 5.41 Å². The first-order valence-corrected chi connectivity index (χ1v) is 12.2. The number of carbonyl (C=O) groups excluding carboxylic acids is 2. The molecule has 5 rings (SSSR count). The molecule has 0 saturated heterocycles. The fraction of sp³-hybridized carbons (Fsp3) is 0.538. The number of rotatable bonds is 3. The number of halogens is 1. The van der Waals surface area contributed by atoms with E-state index in [2.05, 4.69) is 19.2 Å². The molecule has 1 fully saturated rings. The molecular formula is C26H30ClNO5. The van der Waals surface area contributed by atoms with Crippen LogP contribution in [0.4, 0.5) is 0 Å². The molecule has 7 heteroatoms. The van der Waals surface area contributed by atoms with Crippen LogP contribution in [0.1, 0.15) is 77.2 Å². The van der Waals surface area contributed by atoms with E-state index < -0.39 is 5.92 Å². The number of fused-ring (bicyclic) bond motifs is 1. The topological polar surface area (TPSA) is 73.9 Å². The van der Waals surface area contributed by atoms with Crippen molar-refractivity contribution in [3.05, 3.63) is 45.3 Å². The third-order valence-corrected chi connectivity index (χ3v) is 7.42. The van der Waals surface area contributed by atoms with Crippen LogP contribution < -0.4 is 14.8 Å². The van der Waals surface area contributed by atoms with E-state index in [1.807, 2.05) is 6.92 Å². The number of benzene rings is 1. The van der Waals surface area contributed by atoms with Gasteiger partial charge < -0.3 is 19.5 Å². The normalized spacial score (nSPS) is 24.5. The van der Waals surface area contributed by atoms with Gasteiger partial charge in [0, 0.05) is 40.4 Å². The van der Waals surface area contributed by atoms with Gasteiger partial charge in [-0.2, -0.15) is 0 Å². The maximum absolute atomic E-state index is 13.6. The number of ether oxygens (including phenoxy) is 3. The van der Waals surface area contributed by atoms with E-state index in [9.17, 15) is 9.59 Å². The van der Waals surface area contributed by atoms with Crippen molar-refractivity contribution in [2.75, 3.05) is 6.79 Å². The van der Waals surface area contributed by atoms with E-state index in [0.717, 1.165) is 37.8 Å². The molecule has 0 amide bonds. The molecule has 2 aliphatic carbocycles. The van der Waals surface area contributed by atoms with E-state index in [4.69, 9.17) is 25.8 Å². The van der Waals surface area contributed by atoms with Crippen LogP contribution in [0.25, 0.3) is 0 Å². The number of esters is 1. The number of Topliss-reactive ketones (excluding diaryl/α,β-unsaturated/α-hetero) is 1. The Morgan fingerprint density at radius 1 is 1.12 bits per heavy atom. The molecule has 6 nitrogen and oxygen atoms in total. The monoisotopic (exact) mass is 471 g/mol. The molecule has 1 N–H and O–H groups in total. The molecule has 4 aliphatic rings. The summed E-state index contributed by atoms with van der Waals surface area (Å²) in [7, 11) is 0. The van der Waals surface area contributed by atoms with Gasteiger partial charge in [0.05, 0.1) is 5.57 Å². The second-order valence-electron chi connectivity index (χ2n) is 10.3. The Morgan fingerprint density at radius 3 is 2.55 bits per heavy atom. The average molecular weight is 472 g/mol. The summed E-state index contributed by atoms with van der Waals surface area (Å²) in [5, 5.41) is 3.82. The van der Waals surface area contributed by atoms with Gasteiger partial charge in [0.1, 0.15) is 6.10 Å². The maximum atomic E-state index is 13.6. The third kappa shape index (κ3) is 4.14. The van der Waals surface area contributed by atoms with E-state index in [-0.39, 0.29) is 30.1 Å². The average Bonchev–Trinajstić information content (AvgIpc) is 3.19. The van der Waals surface area contributed by atoms with Gasteiger partial charge in [0.15, 0.2) is 17.3 Å². The predicted molar refractivity (Wildman–Crippen MR) is 124 cm³/mol. The molecule has 0 spiro atoms. The van der Waals surface area contributed by atoms with Crippen LogP contribution in [0.2, 0.25) is 5.02 Å². The highest BCUT2D eigenvalue weighted by Gasteiger charge is 2.44. The number of hydrogen-bond donors (Lipinski definition) is 1. The van der Waals surface area contributed by atoms with Gasteiger partial charge in [0.25, 0.3) is 0 Å². The number of allylic oxidation sites excluding steroid dienone is 3. The molecule has 33 heavy (non-hydrogen) atoms. The molecule has 1 unspecified atom stereocenters. The molecule has 1 atom stereocenters. The van der Waals surface area contributed by atoms with E-state index in [1.54, 1.807) is 12.1 Å². The first-order chi connectivity index (χ1) is 15.7. The second kappa shape index (κ2) is 8.39. The fourth-order valence-corrected chi connectivity index (χ4v) is 5.83. The Labute approximate surface area is 199 Å². The Bertz CT molecular complexity index is 1080. The zero-order valence-electron chi connectivity index (χ0n) is 19.4. The summed E-state index contributed by atoms with van der Waals surface area (Å²) in [6.45, 7) is 6.17. The highest BCUT2D eigenvalue weighted by atomic mass is 35.5. The minimum absolute atomic E-state index is 0.0305. The van der Waals surface area contributed by atoms with E-state index in [0.29, 0.717) is 45.3 Å². The number of hydrogen-bond acceptors (Lipinski definition) is 6. The summed E-state index contributed by atoms with van der Waals surface area (Å²) < 4.78 is 17.0. The second-order valence-corrected chi connectivity index (χ2v) is 10.7. The van der Waals surface area contributed by atoms with Gasteiger partial charge in [-0.25, -0.2) is 4.79 Å². The molecule has 0 aromatic heterocycles. The van der Waals surface area contributed by atoms with Crippen LogP contribution in [0.3, 0.4) is 0 Å². The van der Waals surface area contributed by atoms with Gasteiger partial charge in [-0.15, -0.1) is 0 Å². The molecule has 1 aromatic carbocycles. The summed E-state index contributed by atoms with van der Waals surface area (Å²) in [5.41, 5.74) is 3.13. The molecule has 0 radical (unpaired) electrons. The Hall–Kier alpha value is -2.47. The van der Waals surface area contributed by atoms with E-state index >= 15 is 0 Å². The SMILES string of the molecule is CC1=C(C(=O)OC2CCCCC2)C(c2cc3c(cc2Cl)OCO3)C2=C(CC(C)(C)CC2=O)N1. The van der Waals surface area contributed by atoms with E-state index in [1.165, 1.54) is 6.42 Å². The highest BCUT2D eigenvalue weighted by molar-refractivity contribution is 6.32. The molecular weight excluding hydrogens is 442 g/mol. The minimum atomic E-state index is -0.608. The zero-order valence-corrected chi connectivity index (χ0v) is 20.1. The van der Waals surface area contributed by atoms with Crippen molar-refractivity contribution in [2.24, 2.45) is 5.41 Å². The Balaban J connectivity index is 1.60. The molecule has 1 saturated carbocycles. The van der Waals surface area contributed by atoms with Crippen LogP contribution in [-0.4, -0.2) is 24.6 Å². The standard InChI is InChI=1S/C26H30ClNO5/c1-14-22(25(30)33-15-7-5-4-6-8-15)23(16-9-20-21(10-17(16)27)32-13-31-20)24-18(28-14)11-26(2,3)12-19(24)29/h9-10,15,23,28H,4-8,11-13H2,1-3H3. The largest absolute Gasteiger partial charge is 0.459 e. The zero-order chi connectivity index (χ0) is 23.3. The highest BCUT2D eigenvalue weighted by Crippen LogP contribution is 2.50. The lowest BCUT2D eigenvalue weighted by Crippen LogP contribution is -2.39. The summed E-state index contributed by atoms with van der Waals surface area (Å²) >= 11 is 6.72. The number of ketones is 1. The van der Waals surface area contributed by atoms with Crippen molar-refractivity contribution >= 4 is 23.4 Å². The van der Waals surface area contributed by atoms with Crippen LogP contribution in [0.5, 0.6) is 11.5 Å². The molecule has 2 heterocycles. The van der Waals surface area contributed by atoms with Crippen LogP contribution in [0.15, 0.2) is 34.7 Å². The van der Waals surface area contributed by atoms with Crippen molar-refractivity contribution in [1.82, 2.24) is 5.32 Å². The van der Waals surface area contributed by atoms with Crippen LogP contribution in [-0.2, 0) is 14.3 Å². The van der Waals surface area contributed by atoms with Crippen molar-refractivity contribution in [3.63, 3.8) is 0 Å². The number of carbonyl (C=O) groups is 2. The quantitative estimate of drug-likeness (QED) is 0.583. The number of nitrogens with one attached hydrogen (secondary N) is 1. The van der Waals surface area contributed by atoms with Gasteiger partial charge >= 0.3 is 5.97 Å². The molecule has 0 bridgehead atoms. The predicted octanol–water partition coefficient (Wildman–Crippen LogP) is 5.55. The van der Waals surface area contributed by atoms with Gasteiger partial charge in [0.2, 0.25) is 6.79 Å². The Kier molecular flexibility index (Phi) is 5.68. The lowest BCUT2D eigenvalue weighted by Gasteiger charge is -2.40. The first kappa shape index (κ1) is 22.3. The summed E-state index contributed by atoms with van der Waals surface area (Å²) in [6, 6.07) is 3.51. The minimum Gasteiger partial charge on any atom is -0.459 e. The van der Waals surface area contributed by atoms with Crippen molar-refractivity contribution in [1.29, 1.82) is 0 Å². The molecule has 2 aliphatic heterocycles. The summed E-state index contributed by atoms with van der Waals surface area (Å²) in [5.74, 6) is 0.173. The van der Waals surface area contributed by atoms with Gasteiger partial charge in [-0.1, -0.05) is 31.9 Å². The molecule has 176 valence electrons. The van der Waals surface area contributed by atoms with Crippen molar-refractivity contribution in [2.45, 2.75) is 77.7 Å².